The molecule has 0 saturated carbocycles. The van der Waals surface area contributed by atoms with Crippen molar-refractivity contribution in [2.24, 2.45) is 0 Å². The highest BCUT2D eigenvalue weighted by Gasteiger charge is 2.22. The van der Waals surface area contributed by atoms with Gasteiger partial charge in [0, 0.05) is 23.6 Å². The van der Waals surface area contributed by atoms with Crippen LogP contribution in [0, 0.1) is 6.92 Å². The quantitative estimate of drug-likeness (QED) is 0.850. The molecule has 108 valence electrons. The van der Waals surface area contributed by atoms with Crippen LogP contribution in [0.2, 0.25) is 0 Å². The van der Waals surface area contributed by atoms with Gasteiger partial charge in [0.05, 0.1) is 6.54 Å². The van der Waals surface area contributed by atoms with Gasteiger partial charge in [-0.25, -0.2) is 0 Å². The molecule has 0 unspecified atom stereocenters. The van der Waals surface area contributed by atoms with Gasteiger partial charge in [-0.05, 0) is 42.7 Å². The molecule has 0 atom stereocenters. The number of benzene rings is 2. The van der Waals surface area contributed by atoms with Crippen molar-refractivity contribution in [3.8, 4) is 0 Å². The molecule has 1 aliphatic heterocycles. The van der Waals surface area contributed by atoms with E-state index in [1.165, 1.54) is 5.56 Å². The fourth-order valence-electron chi connectivity index (χ4n) is 2.70. The Hall–Kier alpha value is -2.49. The van der Waals surface area contributed by atoms with Crippen LogP contribution in [0.15, 0.2) is 42.5 Å². The number of nitrogens with zero attached hydrogens (tertiary/aromatic N) is 1. The molecule has 1 heterocycles. The Balaban J connectivity index is 1.70. The number of nitrogens with one attached hydrogen (secondary N) is 1. The Morgan fingerprint density at radius 1 is 1.29 bits per heavy atom. The number of nitrogens with two attached hydrogens (primary N) is 1. The van der Waals surface area contributed by atoms with Crippen molar-refractivity contribution in [3.05, 3.63) is 53.6 Å². The number of hydrogen-bond donors (Lipinski definition) is 2. The third kappa shape index (κ3) is 2.84. The van der Waals surface area contributed by atoms with Crippen LogP contribution in [0.5, 0.6) is 0 Å². The zero-order chi connectivity index (χ0) is 14.8. The van der Waals surface area contributed by atoms with Gasteiger partial charge in [0.25, 0.3) is 0 Å². The number of hydrogen-bond acceptors (Lipinski definition) is 3. The molecule has 1 aliphatic rings. The third-order valence-corrected chi connectivity index (χ3v) is 3.85. The molecule has 2 aromatic carbocycles. The van der Waals surface area contributed by atoms with Crippen molar-refractivity contribution >= 4 is 23.0 Å². The lowest BCUT2D eigenvalue weighted by molar-refractivity contribution is -0.115. The molecule has 4 nitrogen and oxygen atoms in total. The predicted octanol–water partition coefficient (Wildman–Crippen LogP) is 2.58. The van der Waals surface area contributed by atoms with Crippen molar-refractivity contribution in [1.29, 1.82) is 0 Å². The van der Waals surface area contributed by atoms with Crippen molar-refractivity contribution < 1.29 is 4.79 Å². The van der Waals surface area contributed by atoms with Crippen molar-refractivity contribution in [2.45, 2.75) is 13.3 Å². The van der Waals surface area contributed by atoms with Gasteiger partial charge in [0.2, 0.25) is 5.91 Å². The predicted molar refractivity (Wildman–Crippen MR) is 86.6 cm³/mol. The number of nitrogen functional groups attached to an aromatic ring is 1. The largest absolute Gasteiger partial charge is 0.398 e. The van der Waals surface area contributed by atoms with Crippen LogP contribution in [0.25, 0.3) is 0 Å². The van der Waals surface area contributed by atoms with Crippen molar-refractivity contribution in [2.75, 3.05) is 29.0 Å². The fourth-order valence-corrected chi connectivity index (χ4v) is 2.70. The zero-order valence-corrected chi connectivity index (χ0v) is 12.1. The molecule has 4 heteroatoms. The number of carbonyl (C=O) groups is 1. The van der Waals surface area contributed by atoms with Gasteiger partial charge in [-0.3, -0.25) is 4.79 Å². The molecule has 0 radical (unpaired) electrons. The van der Waals surface area contributed by atoms with Crippen LogP contribution in [0.1, 0.15) is 11.1 Å². The second-order valence-electron chi connectivity index (χ2n) is 5.42. The number of para-hydroxylation sites is 1. The number of carbonyl (C=O) groups excluding carboxylic acids is 1. The minimum absolute atomic E-state index is 0.00630. The summed E-state index contributed by atoms with van der Waals surface area (Å²) in [6.45, 7) is 3.23. The van der Waals surface area contributed by atoms with E-state index < -0.39 is 0 Å². The summed E-state index contributed by atoms with van der Waals surface area (Å²) < 4.78 is 0. The molecule has 3 N–H and O–H groups in total. The highest BCUT2D eigenvalue weighted by molar-refractivity contribution is 5.94. The molecule has 0 fully saturated rings. The minimum Gasteiger partial charge on any atom is -0.398 e. The van der Waals surface area contributed by atoms with E-state index in [0.717, 1.165) is 35.6 Å². The molecule has 0 bridgehead atoms. The second-order valence-corrected chi connectivity index (χ2v) is 5.42. The van der Waals surface area contributed by atoms with E-state index in [1.54, 1.807) is 0 Å². The van der Waals surface area contributed by atoms with E-state index in [1.807, 2.05) is 43.3 Å². The summed E-state index contributed by atoms with van der Waals surface area (Å²) in [5.74, 6) is -0.00630. The van der Waals surface area contributed by atoms with Crippen LogP contribution in [-0.4, -0.2) is 19.0 Å². The van der Waals surface area contributed by atoms with Gasteiger partial charge in [-0.15, -0.1) is 0 Å². The highest BCUT2D eigenvalue weighted by atomic mass is 16.2. The summed E-state index contributed by atoms with van der Waals surface area (Å²) >= 11 is 0. The second kappa shape index (κ2) is 5.48. The van der Waals surface area contributed by atoms with E-state index in [4.69, 9.17) is 5.73 Å². The maximum absolute atomic E-state index is 12.1. The first kappa shape index (κ1) is 13.5. The molecule has 0 spiro atoms. The first-order valence-corrected chi connectivity index (χ1v) is 7.12. The lowest BCUT2D eigenvalue weighted by Crippen LogP contribution is -2.31. The maximum atomic E-state index is 12.1. The zero-order valence-electron chi connectivity index (χ0n) is 12.1. The van der Waals surface area contributed by atoms with Crippen LogP contribution < -0.4 is 16.0 Å². The number of amides is 1. The Morgan fingerprint density at radius 2 is 2.05 bits per heavy atom. The molecule has 0 aromatic heterocycles. The number of aryl methyl sites for hydroxylation is 1. The molecular formula is C17H19N3O. The van der Waals surface area contributed by atoms with Gasteiger partial charge < -0.3 is 16.0 Å². The summed E-state index contributed by atoms with van der Waals surface area (Å²) in [5, 5.41) is 2.91. The molecule has 3 rings (SSSR count). The normalized spacial score (nSPS) is 13.1. The Bertz CT molecular complexity index is 667. The average molecular weight is 281 g/mol. The highest BCUT2D eigenvalue weighted by Crippen LogP contribution is 2.31. The molecule has 21 heavy (non-hydrogen) atoms. The summed E-state index contributed by atoms with van der Waals surface area (Å²) in [4.78, 5) is 14.2. The van der Waals surface area contributed by atoms with Gasteiger partial charge in [-0.2, -0.15) is 0 Å². The topological polar surface area (TPSA) is 58.4 Å². The summed E-state index contributed by atoms with van der Waals surface area (Å²) in [7, 11) is 0. The Kier molecular flexibility index (Phi) is 3.52. The summed E-state index contributed by atoms with van der Waals surface area (Å²) in [5.41, 5.74) is 11.0. The van der Waals surface area contributed by atoms with Crippen LogP contribution in [0.4, 0.5) is 17.1 Å². The van der Waals surface area contributed by atoms with E-state index in [9.17, 15) is 4.79 Å². The standard InChI is InChI=1S/C17H19N3O/c1-12-9-13-7-8-20(16(13)10-15(12)18)11-17(21)19-14-5-3-2-4-6-14/h2-6,9-10H,7-8,11,18H2,1H3,(H,19,21). The smallest absolute Gasteiger partial charge is 0.243 e. The molecule has 2 aromatic rings. The molecule has 0 aliphatic carbocycles. The average Bonchev–Trinajstić information content (AvgIpc) is 2.83. The third-order valence-electron chi connectivity index (χ3n) is 3.85. The number of fused-ring (bicyclic) bond motifs is 1. The lowest BCUT2D eigenvalue weighted by Gasteiger charge is -2.19. The van der Waals surface area contributed by atoms with E-state index in [2.05, 4.69) is 16.3 Å². The maximum Gasteiger partial charge on any atom is 0.243 e. The number of anilines is 3. The van der Waals surface area contributed by atoms with E-state index in [-0.39, 0.29) is 5.91 Å². The number of rotatable bonds is 3. The van der Waals surface area contributed by atoms with Gasteiger partial charge in [-0.1, -0.05) is 24.3 Å². The minimum atomic E-state index is -0.00630. The van der Waals surface area contributed by atoms with Crippen LogP contribution in [-0.2, 0) is 11.2 Å². The van der Waals surface area contributed by atoms with E-state index in [0.29, 0.717) is 6.54 Å². The van der Waals surface area contributed by atoms with Gasteiger partial charge in [0.1, 0.15) is 0 Å². The molecule has 1 amide bonds. The summed E-state index contributed by atoms with van der Waals surface area (Å²) in [6.07, 6.45) is 0.967. The lowest BCUT2D eigenvalue weighted by atomic mass is 10.1. The monoisotopic (exact) mass is 281 g/mol. The fraction of sp³-hybridized carbons (Fsp3) is 0.235. The van der Waals surface area contributed by atoms with Crippen LogP contribution >= 0.6 is 0 Å². The van der Waals surface area contributed by atoms with Gasteiger partial charge in [0.15, 0.2) is 0 Å². The van der Waals surface area contributed by atoms with Crippen LogP contribution in [0.3, 0.4) is 0 Å². The van der Waals surface area contributed by atoms with Crippen molar-refractivity contribution in [1.82, 2.24) is 0 Å². The van der Waals surface area contributed by atoms with Crippen molar-refractivity contribution in [3.63, 3.8) is 0 Å². The molecule has 0 saturated heterocycles. The van der Waals surface area contributed by atoms with Gasteiger partial charge >= 0.3 is 0 Å². The Morgan fingerprint density at radius 3 is 2.81 bits per heavy atom. The summed E-state index contributed by atoms with van der Waals surface area (Å²) in [6, 6.07) is 13.6. The SMILES string of the molecule is Cc1cc2c(cc1N)N(CC(=O)Nc1ccccc1)CC2. The first-order valence-electron chi connectivity index (χ1n) is 7.12. The Labute approximate surface area is 124 Å². The first-order chi connectivity index (χ1) is 10.1. The molecular weight excluding hydrogens is 262 g/mol. The van der Waals surface area contributed by atoms with E-state index >= 15 is 0 Å².